The van der Waals surface area contributed by atoms with Gasteiger partial charge in [-0.25, -0.2) is 0 Å². The molecule has 1 fully saturated rings. The zero-order chi connectivity index (χ0) is 16.4. The van der Waals surface area contributed by atoms with Gasteiger partial charge in [0.05, 0.1) is 11.8 Å². The Balaban J connectivity index is 1.77. The van der Waals surface area contributed by atoms with E-state index in [-0.39, 0.29) is 42.2 Å². The van der Waals surface area contributed by atoms with Gasteiger partial charge in [0, 0.05) is 18.9 Å². The van der Waals surface area contributed by atoms with E-state index in [9.17, 15) is 9.59 Å². The molecule has 0 saturated carbocycles. The van der Waals surface area contributed by atoms with Crippen LogP contribution in [0.25, 0.3) is 0 Å². The van der Waals surface area contributed by atoms with Gasteiger partial charge < -0.3 is 4.74 Å². The highest BCUT2D eigenvalue weighted by Crippen LogP contribution is 2.60. The third-order valence-electron chi connectivity index (χ3n) is 5.80. The first-order chi connectivity index (χ1) is 11.7. The Kier molecular flexibility index (Phi) is 2.77. The molecule has 1 heterocycles. The maximum atomic E-state index is 13.0. The number of nitrogens with zero attached hydrogens (tertiary/aromatic N) is 1. The molecule has 1 saturated heterocycles. The van der Waals surface area contributed by atoms with Crippen molar-refractivity contribution in [1.82, 2.24) is 4.90 Å². The number of likely N-dealkylation sites (tertiary alicyclic amines) is 1. The molecule has 4 aliphatic rings. The van der Waals surface area contributed by atoms with Crippen LogP contribution in [0.4, 0.5) is 0 Å². The molecule has 2 unspecified atom stereocenters. The number of methoxy groups -OCH3 is 1. The fourth-order valence-corrected chi connectivity index (χ4v) is 5.00. The zero-order valence-electron chi connectivity index (χ0n) is 13.3. The summed E-state index contributed by atoms with van der Waals surface area (Å²) in [6.45, 7) is 0.0385. The van der Waals surface area contributed by atoms with E-state index in [1.165, 1.54) is 34.3 Å². The highest BCUT2D eigenvalue weighted by molar-refractivity contribution is 6.07. The van der Waals surface area contributed by atoms with Gasteiger partial charge in [-0.05, 0) is 22.3 Å². The van der Waals surface area contributed by atoms with E-state index in [0.29, 0.717) is 0 Å². The molecule has 4 heteroatoms. The van der Waals surface area contributed by atoms with E-state index in [4.69, 9.17) is 4.74 Å². The number of carbonyl (C=O) groups is 2. The maximum absolute atomic E-state index is 13.0. The maximum Gasteiger partial charge on any atom is 0.236 e. The molecule has 0 aromatic heterocycles. The van der Waals surface area contributed by atoms with Crippen LogP contribution in [0.1, 0.15) is 34.1 Å². The minimum Gasteiger partial charge on any atom is -0.364 e. The summed E-state index contributed by atoms with van der Waals surface area (Å²) in [4.78, 5) is 27.2. The Bertz CT molecular complexity index is 759. The fourth-order valence-electron chi connectivity index (χ4n) is 5.00. The van der Waals surface area contributed by atoms with Gasteiger partial charge in [-0.3, -0.25) is 14.5 Å². The van der Waals surface area contributed by atoms with Crippen LogP contribution in [0, 0.1) is 11.8 Å². The van der Waals surface area contributed by atoms with Crippen LogP contribution >= 0.6 is 0 Å². The van der Waals surface area contributed by atoms with Crippen molar-refractivity contribution in [3.63, 3.8) is 0 Å². The Hall–Kier alpha value is -2.46. The molecular weight excluding hydrogens is 302 g/mol. The molecule has 0 N–H and O–H groups in total. The third kappa shape index (κ3) is 1.52. The summed E-state index contributed by atoms with van der Waals surface area (Å²) in [5.41, 5.74) is 4.79. The summed E-state index contributed by atoms with van der Waals surface area (Å²) in [7, 11) is 1.51. The Labute approximate surface area is 140 Å². The van der Waals surface area contributed by atoms with Gasteiger partial charge >= 0.3 is 0 Å². The second-order valence-electron chi connectivity index (χ2n) is 6.79. The smallest absolute Gasteiger partial charge is 0.236 e. The van der Waals surface area contributed by atoms with Crippen molar-refractivity contribution in [2.75, 3.05) is 13.8 Å². The average molecular weight is 319 g/mol. The van der Waals surface area contributed by atoms with Gasteiger partial charge in [-0.2, -0.15) is 0 Å². The van der Waals surface area contributed by atoms with E-state index in [0.717, 1.165) is 0 Å². The molecule has 0 radical (unpaired) electrons. The van der Waals surface area contributed by atoms with E-state index >= 15 is 0 Å². The number of benzene rings is 2. The molecule has 24 heavy (non-hydrogen) atoms. The summed E-state index contributed by atoms with van der Waals surface area (Å²) in [5, 5.41) is 0. The van der Waals surface area contributed by atoms with Crippen molar-refractivity contribution in [3.05, 3.63) is 70.8 Å². The van der Waals surface area contributed by atoms with E-state index in [1.807, 2.05) is 24.3 Å². The largest absolute Gasteiger partial charge is 0.364 e. The molecule has 4 nitrogen and oxygen atoms in total. The number of hydrogen-bond donors (Lipinski definition) is 0. The van der Waals surface area contributed by atoms with Gasteiger partial charge in [-0.15, -0.1) is 0 Å². The lowest BCUT2D eigenvalue weighted by molar-refractivity contribution is -0.145. The molecule has 1 aliphatic heterocycles. The predicted molar refractivity (Wildman–Crippen MR) is 87.3 cm³/mol. The van der Waals surface area contributed by atoms with Crippen LogP contribution in [0.3, 0.4) is 0 Å². The fraction of sp³-hybridized carbons (Fsp3) is 0.300. The SMILES string of the molecule is COCN1C(=O)C2C3c4ccccc4C(c4ccccc43)C2C1=O. The molecule has 6 rings (SSSR count). The van der Waals surface area contributed by atoms with E-state index in [2.05, 4.69) is 24.3 Å². The summed E-state index contributed by atoms with van der Waals surface area (Å²) in [6, 6.07) is 16.5. The van der Waals surface area contributed by atoms with Gasteiger partial charge in [0.15, 0.2) is 0 Å². The average Bonchev–Trinajstić information content (AvgIpc) is 2.88. The highest BCUT2D eigenvalue weighted by atomic mass is 16.5. The third-order valence-corrected chi connectivity index (χ3v) is 5.80. The van der Waals surface area contributed by atoms with Crippen LogP contribution in [0.2, 0.25) is 0 Å². The molecule has 2 aromatic rings. The van der Waals surface area contributed by atoms with Gasteiger partial charge in [0.25, 0.3) is 0 Å². The summed E-state index contributed by atoms with van der Waals surface area (Å²) in [5.74, 6) is -0.863. The lowest BCUT2D eigenvalue weighted by Crippen LogP contribution is -2.41. The standard InChI is InChI=1S/C20H17NO3/c1-24-10-21-19(22)17-15-11-6-2-3-7-12(11)16(18(17)20(21)23)14-9-5-4-8-13(14)15/h2-9,15-18H,10H2,1H3. The summed E-state index contributed by atoms with van der Waals surface area (Å²) in [6.07, 6.45) is 0. The zero-order valence-corrected chi connectivity index (χ0v) is 13.3. The molecule has 2 atom stereocenters. The van der Waals surface area contributed by atoms with Crippen molar-refractivity contribution in [2.45, 2.75) is 11.8 Å². The molecule has 2 bridgehead atoms. The topological polar surface area (TPSA) is 46.6 Å². The Morgan fingerprint density at radius 1 is 0.792 bits per heavy atom. The number of hydrogen-bond acceptors (Lipinski definition) is 3. The van der Waals surface area contributed by atoms with Crippen molar-refractivity contribution in [2.24, 2.45) is 11.8 Å². The van der Waals surface area contributed by atoms with Crippen LogP contribution in [-0.2, 0) is 14.3 Å². The number of ether oxygens (including phenoxy) is 1. The first-order valence-electron chi connectivity index (χ1n) is 8.26. The highest BCUT2D eigenvalue weighted by Gasteiger charge is 2.61. The summed E-state index contributed by atoms with van der Waals surface area (Å²) < 4.78 is 5.10. The predicted octanol–water partition coefficient (Wildman–Crippen LogP) is 2.48. The molecule has 2 aromatic carbocycles. The number of amides is 2. The molecule has 120 valence electrons. The van der Waals surface area contributed by atoms with Gasteiger partial charge in [0.1, 0.15) is 6.73 Å². The van der Waals surface area contributed by atoms with E-state index < -0.39 is 0 Å². The van der Waals surface area contributed by atoms with Crippen LogP contribution < -0.4 is 0 Å². The number of carbonyl (C=O) groups excluding carboxylic acids is 2. The molecule has 3 aliphatic carbocycles. The lowest BCUT2D eigenvalue weighted by Gasteiger charge is -2.45. The minimum atomic E-state index is -0.303. The normalized spacial score (nSPS) is 29.5. The van der Waals surface area contributed by atoms with E-state index in [1.54, 1.807) is 0 Å². The molecule has 2 amide bonds. The second-order valence-corrected chi connectivity index (χ2v) is 6.79. The number of imide groups is 1. The van der Waals surface area contributed by atoms with Crippen molar-refractivity contribution < 1.29 is 14.3 Å². The quantitative estimate of drug-likeness (QED) is 0.799. The number of rotatable bonds is 2. The monoisotopic (exact) mass is 319 g/mol. The van der Waals surface area contributed by atoms with Crippen LogP contribution in [0.5, 0.6) is 0 Å². The first-order valence-corrected chi connectivity index (χ1v) is 8.26. The van der Waals surface area contributed by atoms with Gasteiger partial charge in [0.2, 0.25) is 11.8 Å². The molecular formula is C20H17NO3. The Morgan fingerprint density at radius 3 is 1.50 bits per heavy atom. The van der Waals surface area contributed by atoms with Crippen molar-refractivity contribution in [1.29, 1.82) is 0 Å². The molecule has 0 spiro atoms. The first kappa shape index (κ1) is 13.9. The van der Waals surface area contributed by atoms with Crippen molar-refractivity contribution >= 4 is 11.8 Å². The minimum absolute atomic E-state index is 0.0364. The van der Waals surface area contributed by atoms with Crippen molar-refractivity contribution in [3.8, 4) is 0 Å². The lowest BCUT2D eigenvalue weighted by atomic mass is 9.55. The van der Waals surface area contributed by atoms with Gasteiger partial charge in [-0.1, -0.05) is 48.5 Å². The second kappa shape index (κ2) is 4.77. The summed E-state index contributed by atoms with van der Waals surface area (Å²) >= 11 is 0. The van der Waals surface area contributed by atoms with Crippen LogP contribution in [0.15, 0.2) is 48.5 Å². The Morgan fingerprint density at radius 2 is 1.17 bits per heavy atom. The van der Waals surface area contributed by atoms with Crippen LogP contribution in [-0.4, -0.2) is 30.6 Å².